The van der Waals surface area contributed by atoms with Crippen molar-refractivity contribution >= 4 is 27.5 Å². The van der Waals surface area contributed by atoms with Crippen molar-refractivity contribution in [2.24, 2.45) is 0 Å². The van der Waals surface area contributed by atoms with E-state index in [4.69, 9.17) is 4.74 Å². The van der Waals surface area contributed by atoms with Gasteiger partial charge in [0.1, 0.15) is 5.75 Å². The Hall–Kier alpha value is -2.87. The first kappa shape index (κ1) is 17.5. The molecule has 7 nitrogen and oxygen atoms in total. The molecule has 0 spiro atoms. The maximum Gasteiger partial charge on any atom is 0.268 e. The number of hydrogen-bond donors (Lipinski definition) is 2. The third-order valence-corrected chi connectivity index (χ3v) is 4.41. The van der Waals surface area contributed by atoms with Gasteiger partial charge in [-0.25, -0.2) is 13.1 Å². The highest BCUT2D eigenvalue weighted by Crippen LogP contribution is 2.19. The Morgan fingerprint density at radius 1 is 1.00 bits per heavy atom. The number of benzene rings is 2. The van der Waals surface area contributed by atoms with Gasteiger partial charge in [0.15, 0.2) is 0 Å². The van der Waals surface area contributed by atoms with Crippen LogP contribution in [0.15, 0.2) is 53.4 Å². The van der Waals surface area contributed by atoms with Gasteiger partial charge in [-0.2, -0.15) is 0 Å². The van der Waals surface area contributed by atoms with E-state index in [2.05, 4.69) is 5.32 Å². The van der Waals surface area contributed by atoms with Crippen molar-refractivity contribution in [1.29, 1.82) is 0 Å². The second-order valence-electron chi connectivity index (χ2n) is 4.84. The van der Waals surface area contributed by atoms with Gasteiger partial charge in [-0.15, -0.1) is 0 Å². The fourth-order valence-corrected chi connectivity index (χ4v) is 2.96. The normalized spacial score (nSPS) is 10.8. The van der Waals surface area contributed by atoms with Crippen LogP contribution in [0.4, 0.5) is 5.69 Å². The summed E-state index contributed by atoms with van der Waals surface area (Å²) in [5.74, 6) is -0.792. The highest BCUT2D eigenvalue weighted by Gasteiger charge is 2.20. The van der Waals surface area contributed by atoms with E-state index in [1.165, 1.54) is 44.4 Å². The summed E-state index contributed by atoms with van der Waals surface area (Å²) in [4.78, 5) is 23.1. The number of methoxy groups -OCH3 is 1. The number of anilines is 1. The number of hydrogen-bond acceptors (Lipinski definition) is 5. The number of carbonyl (C=O) groups excluding carboxylic acids is 2. The van der Waals surface area contributed by atoms with E-state index >= 15 is 0 Å². The van der Waals surface area contributed by atoms with Crippen LogP contribution in [0.25, 0.3) is 0 Å². The second-order valence-corrected chi connectivity index (χ2v) is 6.52. The summed E-state index contributed by atoms with van der Waals surface area (Å²) in [6, 6.07) is 11.8. The Morgan fingerprint density at radius 3 is 2.21 bits per heavy atom. The SMILES string of the molecule is COc1ccccc1C(=O)NS(=O)(=O)c1ccc(NC(C)=O)cc1. The van der Waals surface area contributed by atoms with Gasteiger partial charge in [0.2, 0.25) is 5.91 Å². The molecule has 0 aliphatic carbocycles. The molecule has 24 heavy (non-hydrogen) atoms. The lowest BCUT2D eigenvalue weighted by Gasteiger charge is -2.10. The van der Waals surface area contributed by atoms with E-state index in [-0.39, 0.29) is 22.1 Å². The van der Waals surface area contributed by atoms with Crippen molar-refractivity contribution in [2.75, 3.05) is 12.4 Å². The van der Waals surface area contributed by atoms with Crippen molar-refractivity contribution in [2.45, 2.75) is 11.8 Å². The smallest absolute Gasteiger partial charge is 0.268 e. The number of sulfonamides is 1. The Bertz CT molecular complexity index is 860. The molecule has 0 unspecified atom stereocenters. The zero-order chi connectivity index (χ0) is 17.7. The molecule has 8 heteroatoms. The van der Waals surface area contributed by atoms with Gasteiger partial charge in [-0.05, 0) is 36.4 Å². The van der Waals surface area contributed by atoms with Gasteiger partial charge in [0.25, 0.3) is 15.9 Å². The van der Waals surface area contributed by atoms with Crippen LogP contribution < -0.4 is 14.8 Å². The lowest BCUT2D eigenvalue weighted by molar-refractivity contribution is -0.114. The number of ether oxygens (including phenoxy) is 1. The van der Waals surface area contributed by atoms with Gasteiger partial charge in [-0.1, -0.05) is 12.1 Å². The van der Waals surface area contributed by atoms with Gasteiger partial charge in [0.05, 0.1) is 17.6 Å². The largest absolute Gasteiger partial charge is 0.496 e. The Morgan fingerprint density at radius 2 is 1.62 bits per heavy atom. The Labute approximate surface area is 139 Å². The van der Waals surface area contributed by atoms with Crippen molar-refractivity contribution in [3.63, 3.8) is 0 Å². The highest BCUT2D eigenvalue weighted by molar-refractivity contribution is 7.90. The summed E-state index contributed by atoms with van der Waals surface area (Å²) >= 11 is 0. The van der Waals surface area contributed by atoms with Crippen molar-refractivity contribution < 1.29 is 22.7 Å². The van der Waals surface area contributed by atoms with Gasteiger partial charge >= 0.3 is 0 Å². The number of rotatable bonds is 5. The summed E-state index contributed by atoms with van der Waals surface area (Å²) in [7, 11) is -2.66. The van der Waals surface area contributed by atoms with E-state index < -0.39 is 15.9 Å². The Balaban J connectivity index is 2.21. The molecule has 0 aromatic heterocycles. The third-order valence-electron chi connectivity index (χ3n) is 3.06. The van der Waals surface area contributed by atoms with E-state index in [0.717, 1.165) is 0 Å². The van der Waals surface area contributed by atoms with Crippen LogP contribution in [0.3, 0.4) is 0 Å². The molecule has 0 saturated carbocycles. The first-order valence-corrected chi connectivity index (χ1v) is 8.39. The standard InChI is InChI=1S/C16H16N2O5S/c1-11(19)17-12-7-9-13(10-8-12)24(21,22)18-16(20)14-5-3-4-6-15(14)23-2/h3-10H,1-2H3,(H,17,19)(H,18,20). The third kappa shape index (κ3) is 4.11. The molecule has 0 atom stereocenters. The molecular formula is C16H16N2O5S. The van der Waals surface area contributed by atoms with Crippen LogP contribution in [0.1, 0.15) is 17.3 Å². The molecule has 126 valence electrons. The summed E-state index contributed by atoms with van der Waals surface area (Å²) in [5.41, 5.74) is 0.566. The average molecular weight is 348 g/mol. The fraction of sp³-hybridized carbons (Fsp3) is 0.125. The maximum atomic E-state index is 12.3. The predicted molar refractivity (Wildman–Crippen MR) is 88.4 cm³/mol. The lowest BCUT2D eigenvalue weighted by Crippen LogP contribution is -2.30. The number of para-hydroxylation sites is 1. The molecule has 0 bridgehead atoms. The molecule has 0 radical (unpaired) electrons. The zero-order valence-electron chi connectivity index (χ0n) is 13.1. The number of nitrogens with one attached hydrogen (secondary N) is 2. The zero-order valence-corrected chi connectivity index (χ0v) is 13.9. The van der Waals surface area contributed by atoms with Crippen LogP contribution in [0.5, 0.6) is 5.75 Å². The van der Waals surface area contributed by atoms with Crippen molar-refractivity contribution in [1.82, 2.24) is 4.72 Å². The molecule has 2 aromatic carbocycles. The monoisotopic (exact) mass is 348 g/mol. The van der Waals surface area contributed by atoms with Crippen LogP contribution >= 0.6 is 0 Å². The molecule has 2 amide bonds. The van der Waals surface area contributed by atoms with E-state index in [1.807, 2.05) is 4.72 Å². The van der Waals surface area contributed by atoms with Crippen LogP contribution in [-0.2, 0) is 14.8 Å². The minimum atomic E-state index is -4.05. The fourth-order valence-electron chi connectivity index (χ4n) is 1.99. The van der Waals surface area contributed by atoms with E-state index in [9.17, 15) is 18.0 Å². The number of carbonyl (C=O) groups is 2. The van der Waals surface area contributed by atoms with Crippen molar-refractivity contribution in [3.8, 4) is 5.75 Å². The van der Waals surface area contributed by atoms with Crippen LogP contribution in [0, 0.1) is 0 Å². The molecule has 2 N–H and O–H groups in total. The van der Waals surface area contributed by atoms with Crippen LogP contribution in [-0.4, -0.2) is 27.3 Å². The highest BCUT2D eigenvalue weighted by atomic mass is 32.2. The molecule has 2 rings (SSSR count). The lowest BCUT2D eigenvalue weighted by atomic mass is 10.2. The predicted octanol–water partition coefficient (Wildman–Crippen LogP) is 1.77. The first-order valence-electron chi connectivity index (χ1n) is 6.91. The molecule has 0 saturated heterocycles. The first-order chi connectivity index (χ1) is 11.3. The second kappa shape index (κ2) is 7.14. The molecule has 0 aliphatic rings. The average Bonchev–Trinajstić information content (AvgIpc) is 2.54. The number of amides is 2. The summed E-state index contributed by atoms with van der Waals surface area (Å²) < 4.78 is 31.6. The maximum absolute atomic E-state index is 12.3. The molecule has 2 aromatic rings. The summed E-state index contributed by atoms with van der Waals surface area (Å²) in [5, 5.41) is 2.53. The van der Waals surface area contributed by atoms with Gasteiger partial charge in [0, 0.05) is 12.6 Å². The minimum absolute atomic E-state index is 0.0974. The van der Waals surface area contributed by atoms with Gasteiger partial charge < -0.3 is 10.1 Å². The minimum Gasteiger partial charge on any atom is -0.496 e. The van der Waals surface area contributed by atoms with Gasteiger partial charge in [-0.3, -0.25) is 9.59 Å². The molecular weight excluding hydrogens is 332 g/mol. The Kier molecular flexibility index (Phi) is 5.20. The van der Waals surface area contributed by atoms with Crippen molar-refractivity contribution in [3.05, 3.63) is 54.1 Å². The molecule has 0 fully saturated rings. The van der Waals surface area contributed by atoms with E-state index in [0.29, 0.717) is 5.69 Å². The molecule has 0 aliphatic heterocycles. The summed E-state index contributed by atoms with van der Waals surface area (Å²) in [6.07, 6.45) is 0. The summed E-state index contributed by atoms with van der Waals surface area (Å²) in [6.45, 7) is 1.35. The quantitative estimate of drug-likeness (QED) is 0.857. The molecule has 0 heterocycles. The topological polar surface area (TPSA) is 102 Å². The van der Waals surface area contributed by atoms with E-state index in [1.54, 1.807) is 18.2 Å². The van der Waals surface area contributed by atoms with Crippen LogP contribution in [0.2, 0.25) is 0 Å².